The van der Waals surface area contributed by atoms with Crippen molar-refractivity contribution in [1.82, 2.24) is 0 Å². The Morgan fingerprint density at radius 3 is 2.09 bits per heavy atom. The van der Waals surface area contributed by atoms with E-state index in [4.69, 9.17) is 14.0 Å². The van der Waals surface area contributed by atoms with Gasteiger partial charge in [0, 0.05) is 0 Å². The van der Waals surface area contributed by atoms with Gasteiger partial charge in [0.1, 0.15) is 8.43 Å². The summed E-state index contributed by atoms with van der Waals surface area (Å²) in [5.41, 5.74) is 1.27. The summed E-state index contributed by atoms with van der Waals surface area (Å²) in [5, 5.41) is 0. The highest BCUT2D eigenvalue weighted by molar-refractivity contribution is 7.31. The van der Waals surface area contributed by atoms with Crippen molar-refractivity contribution in [2.45, 2.75) is 52.4 Å². The van der Waals surface area contributed by atoms with Gasteiger partial charge in [0.25, 0.3) is 0 Å². The molecule has 0 fully saturated rings. The minimum absolute atomic E-state index is 0.0656. The molecule has 0 saturated carbocycles. The molecular weight excluding hydrogens is 295 g/mol. The van der Waals surface area contributed by atoms with Gasteiger partial charge in [0.15, 0.2) is 11.5 Å². The molecule has 4 heteroatoms. The fraction of sp³-hybridized carbons (Fsp3) is 0.611. The van der Waals surface area contributed by atoms with Crippen molar-refractivity contribution in [2.75, 3.05) is 14.2 Å². The van der Waals surface area contributed by atoms with Gasteiger partial charge in [0.05, 0.1) is 14.2 Å². The highest BCUT2D eigenvalue weighted by Gasteiger charge is 2.24. The van der Waals surface area contributed by atoms with Crippen molar-refractivity contribution in [3.05, 3.63) is 17.7 Å². The highest BCUT2D eigenvalue weighted by atomic mass is 31.1. The summed E-state index contributed by atoms with van der Waals surface area (Å²) in [4.78, 5) is 0. The molecule has 0 aliphatic carbocycles. The first-order chi connectivity index (χ1) is 10.4. The van der Waals surface area contributed by atoms with Crippen molar-refractivity contribution in [3.63, 3.8) is 0 Å². The molecule has 0 aliphatic rings. The van der Waals surface area contributed by atoms with E-state index in [0.29, 0.717) is 25.7 Å². The number of ether oxygens (including phenoxy) is 2. The molecule has 0 aliphatic heterocycles. The van der Waals surface area contributed by atoms with Gasteiger partial charge in [-0.1, -0.05) is 40.5 Å². The van der Waals surface area contributed by atoms with Gasteiger partial charge in [-0.25, -0.2) is 0 Å². The summed E-state index contributed by atoms with van der Waals surface area (Å²) in [7, 11) is 3.87. The second-order valence-electron chi connectivity index (χ2n) is 6.60. The van der Waals surface area contributed by atoms with E-state index in [1.165, 1.54) is 18.4 Å². The molecule has 3 nitrogen and oxygen atoms in total. The summed E-state index contributed by atoms with van der Waals surface area (Å²) in [5.74, 6) is 2.75. The van der Waals surface area contributed by atoms with E-state index in [0.717, 1.165) is 12.3 Å². The average Bonchev–Trinajstić information content (AvgIpc) is 2.46. The van der Waals surface area contributed by atoms with Crippen molar-refractivity contribution < 1.29 is 14.0 Å². The Morgan fingerprint density at radius 2 is 1.68 bits per heavy atom. The Kier molecular flexibility index (Phi) is 7.22. The molecule has 0 saturated heterocycles. The summed E-state index contributed by atoms with van der Waals surface area (Å²) in [6.45, 7) is 9.07. The first-order valence-electron chi connectivity index (χ1n) is 7.75. The lowest BCUT2D eigenvalue weighted by molar-refractivity contribution is 0.363. The van der Waals surface area contributed by atoms with Gasteiger partial charge in [-0.05, 0) is 41.7 Å². The summed E-state index contributed by atoms with van der Waals surface area (Å²) in [6.07, 6.45) is 7.29. The molecule has 0 bridgehead atoms. The number of hydrogen-bond acceptors (Lipinski definition) is 3. The zero-order chi connectivity index (χ0) is 16.8. The molecule has 1 rings (SSSR count). The quantitative estimate of drug-likeness (QED) is 0.563. The first-order valence-corrected chi connectivity index (χ1v) is 8.75. The zero-order valence-corrected chi connectivity index (χ0v) is 15.6. The minimum atomic E-state index is 0.0656. The number of benzene rings is 1. The van der Waals surface area contributed by atoms with Crippen molar-refractivity contribution >= 4 is 14.7 Å². The zero-order valence-electron chi connectivity index (χ0n) is 14.7. The maximum absolute atomic E-state index is 5.54. The Hall–Kier alpha value is -1.21. The molecule has 0 radical (unpaired) electrons. The number of rotatable bonds is 9. The predicted molar refractivity (Wildman–Crippen MR) is 95.9 cm³/mol. The largest absolute Gasteiger partial charge is 0.493 e. The van der Waals surface area contributed by atoms with Crippen LogP contribution in [0.3, 0.4) is 0 Å². The second-order valence-corrected chi connectivity index (χ2v) is 7.04. The third kappa shape index (κ3) is 4.91. The first kappa shape index (κ1) is 18.8. The maximum atomic E-state index is 5.54. The molecule has 1 aromatic carbocycles. The molecule has 0 aromatic heterocycles. The standard InChI is InChI=1S/C18H29O3P/c1-13(2)9-8-10-18(3,4)14-11-15(19-5)17(21-22-7)16(12-14)20-6/h11-13H,7-10H2,1-6H3. The SMILES string of the molecule is C=POc1c(OC)cc(C(C)(C)CCCC(C)C)cc1OC. The van der Waals surface area contributed by atoms with Crippen LogP contribution in [-0.2, 0) is 5.41 Å². The molecule has 0 unspecified atom stereocenters. The summed E-state index contributed by atoms with van der Waals surface area (Å²) < 4.78 is 16.5. The van der Waals surface area contributed by atoms with Crippen LogP contribution in [0.4, 0.5) is 0 Å². The highest BCUT2D eigenvalue weighted by Crippen LogP contribution is 2.44. The van der Waals surface area contributed by atoms with E-state index < -0.39 is 0 Å². The fourth-order valence-corrected chi connectivity index (χ4v) is 2.83. The molecule has 0 N–H and O–H groups in total. The van der Waals surface area contributed by atoms with Crippen LogP contribution >= 0.6 is 8.43 Å². The van der Waals surface area contributed by atoms with Crippen LogP contribution in [-0.4, -0.2) is 20.5 Å². The van der Waals surface area contributed by atoms with Crippen molar-refractivity contribution in [1.29, 1.82) is 0 Å². The van der Waals surface area contributed by atoms with Crippen LogP contribution < -0.4 is 14.0 Å². The molecular formula is C18H29O3P. The monoisotopic (exact) mass is 324 g/mol. The van der Waals surface area contributed by atoms with Crippen LogP contribution in [0.25, 0.3) is 0 Å². The number of methoxy groups -OCH3 is 2. The van der Waals surface area contributed by atoms with Crippen LogP contribution in [0.15, 0.2) is 12.1 Å². The van der Waals surface area contributed by atoms with Gasteiger partial charge in [-0.3, -0.25) is 0 Å². The average molecular weight is 324 g/mol. The second kappa shape index (κ2) is 8.43. The lowest BCUT2D eigenvalue weighted by Crippen LogP contribution is -2.17. The van der Waals surface area contributed by atoms with Gasteiger partial charge in [-0.2, -0.15) is 0 Å². The third-order valence-electron chi connectivity index (χ3n) is 3.98. The smallest absolute Gasteiger partial charge is 0.215 e. The van der Waals surface area contributed by atoms with Crippen molar-refractivity contribution in [3.8, 4) is 17.2 Å². The molecule has 0 atom stereocenters. The van der Waals surface area contributed by atoms with Gasteiger partial charge < -0.3 is 14.0 Å². The minimum Gasteiger partial charge on any atom is -0.493 e. The van der Waals surface area contributed by atoms with Crippen LogP contribution in [0.5, 0.6) is 17.2 Å². The molecule has 1 aromatic rings. The van der Waals surface area contributed by atoms with E-state index in [9.17, 15) is 0 Å². The Morgan fingerprint density at radius 1 is 1.14 bits per heavy atom. The van der Waals surface area contributed by atoms with E-state index in [1.807, 2.05) is 0 Å². The number of hydrogen-bond donors (Lipinski definition) is 0. The molecule has 0 amide bonds. The Balaban J connectivity index is 3.10. The van der Waals surface area contributed by atoms with E-state index in [-0.39, 0.29) is 5.41 Å². The van der Waals surface area contributed by atoms with Crippen LogP contribution in [0.2, 0.25) is 0 Å². The van der Waals surface area contributed by atoms with Gasteiger partial charge in [-0.15, -0.1) is 0 Å². The molecule has 22 heavy (non-hydrogen) atoms. The maximum Gasteiger partial charge on any atom is 0.215 e. The molecule has 124 valence electrons. The van der Waals surface area contributed by atoms with Crippen LogP contribution in [0.1, 0.15) is 52.5 Å². The van der Waals surface area contributed by atoms with Gasteiger partial charge >= 0.3 is 0 Å². The lowest BCUT2D eigenvalue weighted by atomic mass is 9.79. The van der Waals surface area contributed by atoms with E-state index in [2.05, 4.69) is 46.1 Å². The lowest BCUT2D eigenvalue weighted by Gasteiger charge is -2.27. The Labute approximate surface area is 136 Å². The van der Waals surface area contributed by atoms with Gasteiger partial charge in [0.2, 0.25) is 5.75 Å². The summed E-state index contributed by atoms with van der Waals surface area (Å²) >= 11 is 0. The van der Waals surface area contributed by atoms with Crippen molar-refractivity contribution in [2.24, 2.45) is 5.92 Å². The molecule has 0 heterocycles. The van der Waals surface area contributed by atoms with E-state index >= 15 is 0 Å². The Bertz CT molecular complexity index is 470. The normalized spacial score (nSPS) is 11.8. The fourth-order valence-electron chi connectivity index (χ4n) is 2.52. The molecule has 0 spiro atoms. The summed E-state index contributed by atoms with van der Waals surface area (Å²) in [6, 6.07) is 4.11. The third-order valence-corrected chi connectivity index (χ3v) is 4.29. The topological polar surface area (TPSA) is 27.7 Å². The predicted octanol–water partition coefficient (Wildman–Crippen LogP) is 5.48. The van der Waals surface area contributed by atoms with E-state index in [1.54, 1.807) is 14.2 Å². The van der Waals surface area contributed by atoms with Crippen LogP contribution in [0, 0.1) is 5.92 Å².